The molecular weight excluding hydrogens is 258 g/mol. The molecule has 0 heterocycles. The van der Waals surface area contributed by atoms with E-state index in [1.165, 1.54) is 11.1 Å². The van der Waals surface area contributed by atoms with Gasteiger partial charge in [-0.15, -0.1) is 0 Å². The zero-order valence-corrected chi connectivity index (χ0v) is 12.5. The SMILES string of the molecule is CCCN(C(=O)CC)C1CCc2cccc(Cl)c2C1. The van der Waals surface area contributed by atoms with Crippen LogP contribution in [0.5, 0.6) is 0 Å². The van der Waals surface area contributed by atoms with Gasteiger partial charge in [0.25, 0.3) is 0 Å². The summed E-state index contributed by atoms with van der Waals surface area (Å²) in [6.07, 6.45) is 4.58. The molecule has 0 spiro atoms. The van der Waals surface area contributed by atoms with Crippen LogP contribution in [0.1, 0.15) is 44.2 Å². The van der Waals surface area contributed by atoms with E-state index in [9.17, 15) is 4.79 Å². The zero-order chi connectivity index (χ0) is 13.8. The minimum atomic E-state index is 0.266. The summed E-state index contributed by atoms with van der Waals surface area (Å²) >= 11 is 6.30. The van der Waals surface area contributed by atoms with Crippen LogP contribution in [0.25, 0.3) is 0 Å². The third-order valence-corrected chi connectivity index (χ3v) is 4.28. The fourth-order valence-corrected chi connectivity index (χ4v) is 3.22. The van der Waals surface area contributed by atoms with Crippen molar-refractivity contribution in [1.29, 1.82) is 0 Å². The van der Waals surface area contributed by atoms with Crippen LogP contribution in [-0.2, 0) is 17.6 Å². The van der Waals surface area contributed by atoms with Crippen molar-refractivity contribution in [3.05, 3.63) is 34.3 Å². The topological polar surface area (TPSA) is 20.3 Å². The van der Waals surface area contributed by atoms with Gasteiger partial charge in [0.15, 0.2) is 0 Å². The molecule has 2 nitrogen and oxygen atoms in total. The summed E-state index contributed by atoms with van der Waals surface area (Å²) < 4.78 is 0. The van der Waals surface area contributed by atoms with Crippen molar-refractivity contribution in [2.24, 2.45) is 0 Å². The van der Waals surface area contributed by atoms with Gasteiger partial charge in [-0.25, -0.2) is 0 Å². The molecule has 104 valence electrons. The van der Waals surface area contributed by atoms with E-state index in [-0.39, 0.29) is 5.91 Å². The molecule has 0 aromatic heterocycles. The van der Waals surface area contributed by atoms with E-state index in [0.717, 1.165) is 37.3 Å². The van der Waals surface area contributed by atoms with Gasteiger partial charge < -0.3 is 4.90 Å². The lowest BCUT2D eigenvalue weighted by molar-refractivity contribution is -0.133. The molecule has 0 N–H and O–H groups in total. The number of halogens is 1. The fraction of sp³-hybridized carbons (Fsp3) is 0.562. The minimum Gasteiger partial charge on any atom is -0.339 e. The maximum atomic E-state index is 12.1. The van der Waals surface area contributed by atoms with Gasteiger partial charge in [0.1, 0.15) is 0 Å². The molecule has 0 aliphatic heterocycles. The largest absolute Gasteiger partial charge is 0.339 e. The van der Waals surface area contributed by atoms with Crippen molar-refractivity contribution in [3.8, 4) is 0 Å². The van der Waals surface area contributed by atoms with Crippen molar-refractivity contribution < 1.29 is 4.79 Å². The van der Waals surface area contributed by atoms with Gasteiger partial charge >= 0.3 is 0 Å². The number of amides is 1. The molecule has 0 saturated heterocycles. The number of hydrogen-bond acceptors (Lipinski definition) is 1. The van der Waals surface area contributed by atoms with E-state index < -0.39 is 0 Å². The number of hydrogen-bond donors (Lipinski definition) is 0. The Hall–Kier alpha value is -1.02. The van der Waals surface area contributed by atoms with Crippen LogP contribution in [0.4, 0.5) is 0 Å². The molecule has 1 aromatic carbocycles. The van der Waals surface area contributed by atoms with Crippen molar-refractivity contribution in [2.75, 3.05) is 6.54 Å². The normalized spacial score (nSPS) is 17.9. The van der Waals surface area contributed by atoms with Crippen LogP contribution < -0.4 is 0 Å². The van der Waals surface area contributed by atoms with E-state index >= 15 is 0 Å². The van der Waals surface area contributed by atoms with Crippen LogP contribution in [-0.4, -0.2) is 23.4 Å². The van der Waals surface area contributed by atoms with Crippen LogP contribution in [0.3, 0.4) is 0 Å². The molecule has 1 unspecified atom stereocenters. The Morgan fingerprint density at radius 2 is 2.21 bits per heavy atom. The smallest absolute Gasteiger partial charge is 0.222 e. The summed E-state index contributed by atoms with van der Waals surface area (Å²) in [4.78, 5) is 14.2. The van der Waals surface area contributed by atoms with Gasteiger partial charge in [-0.1, -0.05) is 37.6 Å². The second-order valence-corrected chi connectivity index (χ2v) is 5.62. The molecule has 1 atom stereocenters. The monoisotopic (exact) mass is 279 g/mol. The Bertz CT molecular complexity index is 458. The highest BCUT2D eigenvalue weighted by atomic mass is 35.5. The highest BCUT2D eigenvalue weighted by molar-refractivity contribution is 6.31. The first-order valence-corrected chi connectivity index (χ1v) is 7.60. The van der Waals surface area contributed by atoms with E-state index in [1.807, 2.05) is 19.1 Å². The number of aryl methyl sites for hydroxylation is 1. The number of benzene rings is 1. The van der Waals surface area contributed by atoms with Gasteiger partial charge in [-0.3, -0.25) is 4.79 Å². The van der Waals surface area contributed by atoms with Crippen molar-refractivity contribution >= 4 is 17.5 Å². The first kappa shape index (κ1) is 14.4. The first-order chi connectivity index (χ1) is 9.17. The predicted molar refractivity (Wildman–Crippen MR) is 79.6 cm³/mol. The minimum absolute atomic E-state index is 0.266. The maximum Gasteiger partial charge on any atom is 0.222 e. The second-order valence-electron chi connectivity index (χ2n) is 5.21. The standard InChI is InChI=1S/C16H22ClNO/c1-3-10-18(16(19)4-2)13-9-8-12-6-5-7-15(17)14(12)11-13/h5-7,13H,3-4,8-11H2,1-2H3. The lowest BCUT2D eigenvalue weighted by atomic mass is 9.87. The van der Waals surface area contributed by atoms with E-state index in [2.05, 4.69) is 17.9 Å². The number of nitrogens with zero attached hydrogens (tertiary/aromatic N) is 1. The molecule has 0 bridgehead atoms. The molecule has 0 radical (unpaired) electrons. The molecule has 3 heteroatoms. The van der Waals surface area contributed by atoms with Crippen molar-refractivity contribution in [1.82, 2.24) is 4.90 Å². The van der Waals surface area contributed by atoms with Crippen LogP contribution in [0, 0.1) is 0 Å². The van der Waals surface area contributed by atoms with Gasteiger partial charge in [-0.2, -0.15) is 0 Å². The highest BCUT2D eigenvalue weighted by Gasteiger charge is 2.27. The molecule has 0 saturated carbocycles. The number of fused-ring (bicyclic) bond motifs is 1. The van der Waals surface area contributed by atoms with E-state index in [1.54, 1.807) is 0 Å². The lowest BCUT2D eigenvalue weighted by Crippen LogP contribution is -2.43. The highest BCUT2D eigenvalue weighted by Crippen LogP contribution is 2.30. The summed E-state index contributed by atoms with van der Waals surface area (Å²) in [7, 11) is 0. The first-order valence-electron chi connectivity index (χ1n) is 7.23. The molecule has 1 aromatic rings. The second kappa shape index (κ2) is 6.42. The van der Waals surface area contributed by atoms with Crippen molar-refractivity contribution in [3.63, 3.8) is 0 Å². The number of carbonyl (C=O) groups is 1. The molecular formula is C16H22ClNO. The lowest BCUT2D eigenvalue weighted by Gasteiger charge is -2.35. The molecule has 19 heavy (non-hydrogen) atoms. The Kier molecular flexibility index (Phi) is 4.87. The summed E-state index contributed by atoms with van der Waals surface area (Å²) in [5, 5.41) is 0.850. The molecule has 1 aliphatic carbocycles. The maximum absolute atomic E-state index is 12.1. The molecule has 0 fully saturated rings. The Morgan fingerprint density at radius 3 is 2.89 bits per heavy atom. The van der Waals surface area contributed by atoms with Crippen LogP contribution in [0.2, 0.25) is 5.02 Å². The summed E-state index contributed by atoms with van der Waals surface area (Å²) in [6, 6.07) is 6.44. The number of rotatable bonds is 4. The zero-order valence-electron chi connectivity index (χ0n) is 11.8. The predicted octanol–water partition coefficient (Wildman–Crippen LogP) is 3.85. The quantitative estimate of drug-likeness (QED) is 0.820. The summed E-state index contributed by atoms with van der Waals surface area (Å²) in [6.45, 7) is 4.92. The van der Waals surface area contributed by atoms with Gasteiger partial charge in [0.05, 0.1) is 0 Å². The summed E-state index contributed by atoms with van der Waals surface area (Å²) in [5.41, 5.74) is 2.59. The Labute approximate surface area is 120 Å². The van der Waals surface area contributed by atoms with E-state index in [0.29, 0.717) is 12.5 Å². The molecule has 1 aliphatic rings. The number of carbonyl (C=O) groups excluding carboxylic acids is 1. The van der Waals surface area contributed by atoms with E-state index in [4.69, 9.17) is 11.6 Å². The summed E-state index contributed by atoms with van der Waals surface area (Å²) in [5.74, 6) is 0.266. The molecule has 2 rings (SSSR count). The van der Waals surface area contributed by atoms with Crippen LogP contribution >= 0.6 is 11.6 Å². The Morgan fingerprint density at radius 1 is 1.42 bits per heavy atom. The van der Waals surface area contributed by atoms with Crippen molar-refractivity contribution in [2.45, 2.75) is 52.0 Å². The third kappa shape index (κ3) is 3.11. The average Bonchev–Trinajstić information content (AvgIpc) is 2.44. The molecule has 1 amide bonds. The van der Waals surface area contributed by atoms with Gasteiger partial charge in [-0.05, 0) is 42.9 Å². The van der Waals surface area contributed by atoms with Gasteiger partial charge in [0, 0.05) is 24.0 Å². The van der Waals surface area contributed by atoms with Gasteiger partial charge in [0.2, 0.25) is 5.91 Å². The average molecular weight is 280 g/mol. The fourth-order valence-electron chi connectivity index (χ4n) is 2.95. The van der Waals surface area contributed by atoms with Crippen LogP contribution in [0.15, 0.2) is 18.2 Å². The third-order valence-electron chi connectivity index (χ3n) is 3.93. The Balaban J connectivity index is 2.19.